The summed E-state index contributed by atoms with van der Waals surface area (Å²) in [7, 11) is 0. The number of nitrogens with one attached hydrogen (secondary N) is 1. The van der Waals surface area contributed by atoms with E-state index in [0.29, 0.717) is 30.4 Å². The Hall–Kier alpha value is -1.36. The maximum absolute atomic E-state index is 11.7. The molecular weight excluding hydrogens is 262 g/mol. The number of amides is 1. The van der Waals surface area contributed by atoms with Crippen molar-refractivity contribution < 1.29 is 14.3 Å². The van der Waals surface area contributed by atoms with E-state index < -0.39 is 0 Å². The number of rotatable bonds is 6. The molecule has 0 radical (unpaired) electrons. The number of ether oxygens (including phenoxy) is 2. The van der Waals surface area contributed by atoms with Crippen molar-refractivity contribution in [3.63, 3.8) is 0 Å². The summed E-state index contributed by atoms with van der Waals surface area (Å²) in [6.07, 6.45) is 0. The standard InChI is InChI=1S/C14H21NO3S/c1-5-17-12-8-7-11(9-13(12)18-6-2)15-14(16)19-10(3)4/h7-10H,5-6H2,1-4H3,(H,15,16). The summed E-state index contributed by atoms with van der Waals surface area (Å²) in [4.78, 5) is 11.7. The van der Waals surface area contributed by atoms with Gasteiger partial charge in [0.1, 0.15) is 0 Å². The van der Waals surface area contributed by atoms with E-state index in [9.17, 15) is 4.79 Å². The van der Waals surface area contributed by atoms with Gasteiger partial charge in [-0.25, -0.2) is 0 Å². The Morgan fingerprint density at radius 3 is 2.42 bits per heavy atom. The fraction of sp³-hybridized carbons (Fsp3) is 0.500. The number of benzene rings is 1. The minimum absolute atomic E-state index is 0.0680. The minimum atomic E-state index is -0.0680. The van der Waals surface area contributed by atoms with Gasteiger partial charge in [-0.05, 0) is 26.0 Å². The molecule has 0 aliphatic carbocycles. The number of carbonyl (C=O) groups excluding carboxylic acids is 1. The molecule has 0 heterocycles. The van der Waals surface area contributed by atoms with Gasteiger partial charge in [0.15, 0.2) is 11.5 Å². The molecule has 1 N–H and O–H groups in total. The van der Waals surface area contributed by atoms with E-state index in [4.69, 9.17) is 9.47 Å². The van der Waals surface area contributed by atoms with Crippen LogP contribution in [0.25, 0.3) is 0 Å². The van der Waals surface area contributed by atoms with Crippen molar-refractivity contribution in [3.05, 3.63) is 18.2 Å². The van der Waals surface area contributed by atoms with E-state index in [1.807, 2.05) is 39.8 Å². The summed E-state index contributed by atoms with van der Waals surface area (Å²) in [6.45, 7) is 8.93. The van der Waals surface area contributed by atoms with Gasteiger partial charge >= 0.3 is 0 Å². The molecule has 106 valence electrons. The van der Waals surface area contributed by atoms with Crippen molar-refractivity contribution in [2.24, 2.45) is 0 Å². The molecule has 19 heavy (non-hydrogen) atoms. The second kappa shape index (κ2) is 7.94. The predicted octanol–water partition coefficient (Wildman–Crippen LogP) is 4.16. The summed E-state index contributed by atoms with van der Waals surface area (Å²) in [5, 5.41) is 3.02. The first kappa shape index (κ1) is 15.7. The van der Waals surface area contributed by atoms with Crippen LogP contribution in [-0.2, 0) is 0 Å². The Morgan fingerprint density at radius 1 is 1.21 bits per heavy atom. The van der Waals surface area contributed by atoms with Gasteiger partial charge in [-0.15, -0.1) is 0 Å². The molecule has 0 saturated heterocycles. The Kier molecular flexibility index (Phi) is 6.56. The van der Waals surface area contributed by atoms with Crippen LogP contribution in [0.4, 0.5) is 10.5 Å². The van der Waals surface area contributed by atoms with Crippen molar-refractivity contribution in [2.75, 3.05) is 18.5 Å². The second-order valence-electron chi connectivity index (χ2n) is 4.11. The molecule has 1 rings (SSSR count). The predicted molar refractivity (Wildman–Crippen MR) is 80.5 cm³/mol. The lowest BCUT2D eigenvalue weighted by Gasteiger charge is -2.13. The van der Waals surface area contributed by atoms with Crippen LogP contribution in [-0.4, -0.2) is 23.7 Å². The first-order chi connectivity index (χ1) is 9.06. The number of hydrogen-bond acceptors (Lipinski definition) is 4. The zero-order valence-electron chi connectivity index (χ0n) is 11.9. The number of carbonyl (C=O) groups is 1. The smallest absolute Gasteiger partial charge is 0.283 e. The molecule has 0 atom stereocenters. The number of anilines is 1. The average Bonchev–Trinajstić information content (AvgIpc) is 2.32. The third-order valence-corrected chi connectivity index (χ3v) is 2.92. The number of hydrogen-bond donors (Lipinski definition) is 1. The van der Waals surface area contributed by atoms with Crippen LogP contribution in [0.3, 0.4) is 0 Å². The van der Waals surface area contributed by atoms with E-state index >= 15 is 0 Å². The highest BCUT2D eigenvalue weighted by molar-refractivity contribution is 8.14. The Morgan fingerprint density at radius 2 is 1.84 bits per heavy atom. The fourth-order valence-corrected chi connectivity index (χ4v) is 2.10. The Balaban J connectivity index is 2.79. The zero-order valence-corrected chi connectivity index (χ0v) is 12.7. The van der Waals surface area contributed by atoms with E-state index in [0.717, 1.165) is 0 Å². The van der Waals surface area contributed by atoms with Gasteiger partial charge in [-0.3, -0.25) is 4.79 Å². The maximum Gasteiger partial charge on any atom is 0.283 e. The summed E-state index contributed by atoms with van der Waals surface area (Å²) in [5.41, 5.74) is 0.713. The molecule has 0 unspecified atom stereocenters. The molecule has 0 saturated carbocycles. The molecule has 5 heteroatoms. The van der Waals surface area contributed by atoms with Crippen molar-refractivity contribution in [2.45, 2.75) is 32.9 Å². The normalized spacial score (nSPS) is 10.4. The third kappa shape index (κ3) is 5.42. The van der Waals surface area contributed by atoms with Crippen LogP contribution in [0.1, 0.15) is 27.7 Å². The highest BCUT2D eigenvalue weighted by Crippen LogP contribution is 2.31. The van der Waals surface area contributed by atoms with Crippen LogP contribution in [0.2, 0.25) is 0 Å². The van der Waals surface area contributed by atoms with Crippen LogP contribution < -0.4 is 14.8 Å². The SMILES string of the molecule is CCOc1ccc(NC(=O)SC(C)C)cc1OCC. The highest BCUT2D eigenvalue weighted by atomic mass is 32.2. The van der Waals surface area contributed by atoms with Crippen LogP contribution in [0, 0.1) is 0 Å². The van der Waals surface area contributed by atoms with Crippen LogP contribution in [0.5, 0.6) is 11.5 Å². The molecule has 0 bridgehead atoms. The second-order valence-corrected chi connectivity index (χ2v) is 5.66. The van der Waals surface area contributed by atoms with Gasteiger partial charge < -0.3 is 14.8 Å². The molecule has 0 aliphatic heterocycles. The van der Waals surface area contributed by atoms with E-state index in [2.05, 4.69) is 5.32 Å². The molecule has 0 spiro atoms. The van der Waals surface area contributed by atoms with Gasteiger partial charge in [-0.2, -0.15) is 0 Å². The molecular formula is C14H21NO3S. The summed E-state index contributed by atoms with van der Waals surface area (Å²) in [5.74, 6) is 1.34. The van der Waals surface area contributed by atoms with Crippen molar-refractivity contribution in [3.8, 4) is 11.5 Å². The van der Waals surface area contributed by atoms with E-state index in [-0.39, 0.29) is 10.5 Å². The summed E-state index contributed by atoms with van der Waals surface area (Å²) in [6, 6.07) is 5.41. The molecule has 1 aromatic rings. The van der Waals surface area contributed by atoms with Gasteiger partial charge in [0.25, 0.3) is 5.24 Å². The van der Waals surface area contributed by atoms with Gasteiger partial charge in [-0.1, -0.05) is 25.6 Å². The van der Waals surface area contributed by atoms with Gasteiger partial charge in [0, 0.05) is 17.0 Å². The monoisotopic (exact) mass is 283 g/mol. The molecule has 0 fully saturated rings. The lowest BCUT2D eigenvalue weighted by Crippen LogP contribution is -2.08. The first-order valence-corrected chi connectivity index (χ1v) is 7.32. The lowest BCUT2D eigenvalue weighted by atomic mass is 10.3. The van der Waals surface area contributed by atoms with Crippen LogP contribution in [0.15, 0.2) is 18.2 Å². The summed E-state index contributed by atoms with van der Waals surface area (Å²) >= 11 is 1.26. The lowest BCUT2D eigenvalue weighted by molar-refractivity contribution is 0.269. The van der Waals surface area contributed by atoms with Crippen molar-refractivity contribution >= 4 is 22.7 Å². The van der Waals surface area contributed by atoms with E-state index in [1.54, 1.807) is 6.07 Å². The molecule has 4 nitrogen and oxygen atoms in total. The van der Waals surface area contributed by atoms with Crippen molar-refractivity contribution in [1.29, 1.82) is 0 Å². The Bertz CT molecular complexity index is 421. The molecule has 0 aromatic heterocycles. The topological polar surface area (TPSA) is 47.6 Å². The quantitative estimate of drug-likeness (QED) is 0.851. The molecule has 1 aromatic carbocycles. The third-order valence-electron chi connectivity index (χ3n) is 2.13. The maximum atomic E-state index is 11.7. The zero-order chi connectivity index (χ0) is 14.3. The number of thioether (sulfide) groups is 1. The van der Waals surface area contributed by atoms with Crippen molar-refractivity contribution in [1.82, 2.24) is 0 Å². The molecule has 0 aliphatic rings. The van der Waals surface area contributed by atoms with Gasteiger partial charge in [0.2, 0.25) is 0 Å². The average molecular weight is 283 g/mol. The first-order valence-electron chi connectivity index (χ1n) is 6.44. The Labute approximate surface area is 118 Å². The summed E-state index contributed by atoms with van der Waals surface area (Å²) < 4.78 is 11.0. The minimum Gasteiger partial charge on any atom is -0.490 e. The molecule has 1 amide bonds. The largest absolute Gasteiger partial charge is 0.490 e. The van der Waals surface area contributed by atoms with Gasteiger partial charge in [0.05, 0.1) is 13.2 Å². The van der Waals surface area contributed by atoms with E-state index in [1.165, 1.54) is 11.8 Å². The fourth-order valence-electron chi connectivity index (χ4n) is 1.49. The highest BCUT2D eigenvalue weighted by Gasteiger charge is 2.09. The van der Waals surface area contributed by atoms with Crippen LogP contribution >= 0.6 is 11.8 Å².